The van der Waals surface area contributed by atoms with Gasteiger partial charge in [-0.25, -0.2) is 17.2 Å². The number of carbonyl (C=O) groups excluding carboxylic acids is 1. The summed E-state index contributed by atoms with van der Waals surface area (Å²) >= 11 is 0. The van der Waals surface area contributed by atoms with Gasteiger partial charge in [0.15, 0.2) is 14.6 Å². The molecule has 0 fully saturated rings. The molecule has 6 nitrogen and oxygen atoms in total. The van der Waals surface area contributed by atoms with Gasteiger partial charge in [-0.1, -0.05) is 12.1 Å². The highest BCUT2D eigenvalue weighted by Gasteiger charge is 2.44. The van der Waals surface area contributed by atoms with Gasteiger partial charge in [0.25, 0.3) is 5.56 Å². The molecular formula is C20H23F2NO5S. The second-order valence-corrected chi connectivity index (χ2v) is 9.47. The largest absolute Gasteiger partial charge is 0.465 e. The van der Waals surface area contributed by atoms with Crippen LogP contribution in [0.1, 0.15) is 25.8 Å². The second-order valence-electron chi connectivity index (χ2n) is 7.02. The van der Waals surface area contributed by atoms with E-state index in [1.165, 1.54) is 19.1 Å². The van der Waals surface area contributed by atoms with Crippen LogP contribution in [0.2, 0.25) is 0 Å². The average Bonchev–Trinajstić information content (AvgIpc) is 2.61. The molecule has 0 aliphatic heterocycles. The quantitative estimate of drug-likeness (QED) is 0.635. The third-order valence-corrected chi connectivity index (χ3v) is 6.86. The molecule has 1 aromatic carbocycles. The van der Waals surface area contributed by atoms with Crippen LogP contribution in [0.5, 0.6) is 0 Å². The standard InChI is InChI=1S/C20H23F2NO5S/c1-5-28-19(25)20(3,29(4,26)27)8-9-23-12-17(22)15(11-18(23)24)14-7-6-13(2)10-16(14)21/h6-7,10-12H,5,8-9H2,1-4H3. The zero-order chi connectivity index (χ0) is 22.0. The molecule has 1 heterocycles. The molecule has 1 aromatic heterocycles. The number of ether oxygens (including phenoxy) is 1. The number of hydrogen-bond acceptors (Lipinski definition) is 5. The molecule has 0 saturated heterocycles. The van der Waals surface area contributed by atoms with Crippen LogP contribution in [0.15, 0.2) is 35.3 Å². The van der Waals surface area contributed by atoms with Gasteiger partial charge in [0.05, 0.1) is 6.61 Å². The van der Waals surface area contributed by atoms with Crippen molar-refractivity contribution in [2.24, 2.45) is 0 Å². The fraction of sp³-hybridized carbons (Fsp3) is 0.400. The molecule has 0 aliphatic carbocycles. The summed E-state index contributed by atoms with van der Waals surface area (Å²) in [5.41, 5.74) is -0.245. The first-order valence-corrected chi connectivity index (χ1v) is 10.8. The maximum Gasteiger partial charge on any atom is 0.327 e. The molecule has 0 saturated carbocycles. The Morgan fingerprint density at radius 2 is 1.83 bits per heavy atom. The molecule has 0 bridgehead atoms. The van der Waals surface area contributed by atoms with Crippen molar-refractivity contribution in [2.75, 3.05) is 12.9 Å². The number of halogens is 2. The van der Waals surface area contributed by atoms with E-state index in [9.17, 15) is 26.8 Å². The lowest BCUT2D eigenvalue weighted by molar-refractivity contribution is -0.146. The number of aromatic nitrogens is 1. The van der Waals surface area contributed by atoms with Gasteiger partial charge in [0.2, 0.25) is 0 Å². The summed E-state index contributed by atoms with van der Waals surface area (Å²) in [6.07, 6.45) is 1.49. The van der Waals surface area contributed by atoms with Gasteiger partial charge < -0.3 is 9.30 Å². The van der Waals surface area contributed by atoms with Crippen molar-refractivity contribution in [3.05, 3.63) is 58.0 Å². The van der Waals surface area contributed by atoms with E-state index in [0.29, 0.717) is 5.56 Å². The molecule has 29 heavy (non-hydrogen) atoms. The highest BCUT2D eigenvalue weighted by Crippen LogP contribution is 2.26. The van der Waals surface area contributed by atoms with E-state index in [4.69, 9.17) is 4.74 Å². The topological polar surface area (TPSA) is 82.4 Å². The second kappa shape index (κ2) is 8.44. The monoisotopic (exact) mass is 427 g/mol. The van der Waals surface area contributed by atoms with Crippen LogP contribution in [0, 0.1) is 18.6 Å². The van der Waals surface area contributed by atoms with E-state index < -0.39 is 37.7 Å². The average molecular weight is 427 g/mol. The predicted molar refractivity (Wildman–Crippen MR) is 105 cm³/mol. The number of esters is 1. The molecule has 1 unspecified atom stereocenters. The molecule has 0 radical (unpaired) electrons. The lowest BCUT2D eigenvalue weighted by Crippen LogP contribution is -2.45. The summed E-state index contributed by atoms with van der Waals surface area (Å²) < 4.78 is 56.9. The fourth-order valence-electron chi connectivity index (χ4n) is 2.82. The highest BCUT2D eigenvalue weighted by atomic mass is 32.2. The Balaban J connectivity index is 2.38. The van der Waals surface area contributed by atoms with E-state index in [0.717, 1.165) is 23.1 Å². The van der Waals surface area contributed by atoms with Gasteiger partial charge in [-0.3, -0.25) is 9.59 Å². The minimum Gasteiger partial charge on any atom is -0.465 e. The van der Waals surface area contributed by atoms with Gasteiger partial charge in [0.1, 0.15) is 11.6 Å². The minimum atomic E-state index is -3.87. The molecule has 9 heteroatoms. The third-order valence-electron chi connectivity index (χ3n) is 4.85. The zero-order valence-corrected chi connectivity index (χ0v) is 17.5. The van der Waals surface area contributed by atoms with Gasteiger partial charge in [0, 0.05) is 36.2 Å². The first-order chi connectivity index (χ1) is 13.4. The van der Waals surface area contributed by atoms with Crippen molar-refractivity contribution in [1.29, 1.82) is 0 Å². The highest BCUT2D eigenvalue weighted by molar-refractivity contribution is 7.92. The minimum absolute atomic E-state index is 0.00463. The van der Waals surface area contributed by atoms with Crippen LogP contribution >= 0.6 is 0 Å². The van der Waals surface area contributed by atoms with E-state index in [1.54, 1.807) is 19.9 Å². The summed E-state index contributed by atoms with van der Waals surface area (Å²) in [7, 11) is -3.87. The molecular weight excluding hydrogens is 404 g/mol. The molecule has 158 valence electrons. The van der Waals surface area contributed by atoms with Crippen LogP contribution in [0.3, 0.4) is 0 Å². The van der Waals surface area contributed by atoms with Gasteiger partial charge in [-0.05, 0) is 38.8 Å². The first kappa shape index (κ1) is 22.7. The zero-order valence-electron chi connectivity index (χ0n) is 16.7. The number of sulfone groups is 1. The Morgan fingerprint density at radius 3 is 2.38 bits per heavy atom. The Hall–Kier alpha value is -2.55. The summed E-state index contributed by atoms with van der Waals surface area (Å²) in [5, 5.41) is 0. The fourth-order valence-corrected chi connectivity index (χ4v) is 3.65. The van der Waals surface area contributed by atoms with Crippen molar-refractivity contribution in [1.82, 2.24) is 4.57 Å². The van der Waals surface area contributed by atoms with Crippen molar-refractivity contribution < 1.29 is 26.7 Å². The number of nitrogens with zero attached hydrogens (tertiary/aromatic N) is 1. The van der Waals surface area contributed by atoms with Gasteiger partial charge >= 0.3 is 5.97 Å². The summed E-state index contributed by atoms with van der Waals surface area (Å²) in [4.78, 5) is 24.6. The molecule has 2 aromatic rings. The molecule has 1 atom stereocenters. The Labute approximate surface area is 168 Å². The Kier molecular flexibility index (Phi) is 6.62. The Bertz CT molecular complexity index is 1090. The molecule has 0 N–H and O–H groups in total. The molecule has 2 rings (SSSR count). The van der Waals surface area contributed by atoms with Gasteiger partial charge in [-0.15, -0.1) is 0 Å². The Morgan fingerprint density at radius 1 is 1.17 bits per heavy atom. The molecule has 0 amide bonds. The lowest BCUT2D eigenvalue weighted by atomic mass is 10.0. The van der Waals surface area contributed by atoms with Crippen molar-refractivity contribution in [2.45, 2.75) is 38.5 Å². The van der Waals surface area contributed by atoms with E-state index >= 15 is 0 Å². The number of aryl methyl sites for hydroxylation is 2. The van der Waals surface area contributed by atoms with Crippen LogP contribution in [0.4, 0.5) is 8.78 Å². The van der Waals surface area contributed by atoms with Crippen molar-refractivity contribution in [3.63, 3.8) is 0 Å². The third kappa shape index (κ3) is 4.72. The predicted octanol–water partition coefficient (Wildman–Crippen LogP) is 2.86. The summed E-state index contributed by atoms with van der Waals surface area (Å²) in [6.45, 7) is 4.19. The number of hydrogen-bond donors (Lipinski definition) is 0. The van der Waals surface area contributed by atoms with Crippen LogP contribution in [0.25, 0.3) is 11.1 Å². The number of carbonyl (C=O) groups is 1. The number of benzene rings is 1. The van der Waals surface area contributed by atoms with Crippen molar-refractivity contribution in [3.8, 4) is 11.1 Å². The summed E-state index contributed by atoms with van der Waals surface area (Å²) in [5.74, 6) is -2.44. The lowest BCUT2D eigenvalue weighted by Gasteiger charge is -2.25. The van der Waals surface area contributed by atoms with Crippen LogP contribution in [-0.2, 0) is 25.9 Å². The smallest absolute Gasteiger partial charge is 0.327 e. The van der Waals surface area contributed by atoms with E-state index in [1.807, 2.05) is 0 Å². The summed E-state index contributed by atoms with van der Waals surface area (Å²) in [6, 6.07) is 5.16. The molecule has 0 spiro atoms. The number of rotatable bonds is 7. The number of pyridine rings is 1. The van der Waals surface area contributed by atoms with Crippen LogP contribution in [-0.4, -0.2) is 36.6 Å². The molecule has 0 aliphatic rings. The van der Waals surface area contributed by atoms with Crippen LogP contribution < -0.4 is 5.56 Å². The first-order valence-electron chi connectivity index (χ1n) is 8.94. The maximum absolute atomic E-state index is 14.6. The SMILES string of the molecule is CCOC(=O)C(C)(CCn1cc(F)c(-c2ccc(C)cc2F)cc1=O)S(C)(=O)=O. The van der Waals surface area contributed by atoms with E-state index in [2.05, 4.69) is 0 Å². The normalized spacial score (nSPS) is 13.7. The maximum atomic E-state index is 14.6. The van der Waals surface area contributed by atoms with E-state index in [-0.39, 0.29) is 30.7 Å². The van der Waals surface area contributed by atoms with Gasteiger partial charge in [-0.2, -0.15) is 0 Å². The van der Waals surface area contributed by atoms with Crippen molar-refractivity contribution >= 4 is 15.8 Å².